The summed E-state index contributed by atoms with van der Waals surface area (Å²) in [5.41, 5.74) is 2.02. The number of fused-ring (bicyclic) bond motifs is 1. The number of nitrogens with zero attached hydrogens (tertiary/aromatic N) is 2. The van der Waals surface area contributed by atoms with E-state index in [1.807, 2.05) is 6.07 Å². The number of nitriles is 1. The summed E-state index contributed by atoms with van der Waals surface area (Å²) in [6.07, 6.45) is 1.61. The van der Waals surface area contributed by atoms with Crippen molar-refractivity contribution in [3.05, 3.63) is 51.3 Å². The molecule has 1 aromatic rings. The molecule has 2 N–H and O–H groups in total. The first-order valence-corrected chi connectivity index (χ1v) is 10.3. The van der Waals surface area contributed by atoms with Crippen LogP contribution < -0.4 is 10.6 Å². The third kappa shape index (κ3) is 6.10. The normalized spacial score (nSPS) is 14.2. The fourth-order valence-corrected chi connectivity index (χ4v) is 3.72. The molecule has 29 heavy (non-hydrogen) atoms. The largest absolute Gasteiger partial charge is 0.338 e. The van der Waals surface area contributed by atoms with Gasteiger partial charge in [-0.05, 0) is 57.0 Å². The Morgan fingerprint density at radius 3 is 2.55 bits per heavy atom. The summed E-state index contributed by atoms with van der Waals surface area (Å²) in [6.45, 7) is 12.1. The average Bonchev–Trinajstić information content (AvgIpc) is 2.82. The van der Waals surface area contributed by atoms with Gasteiger partial charge in [0, 0.05) is 18.8 Å². The molecule has 0 fully saturated rings. The standard InChI is InChI=1S/C21H25ClN4O2S/c1-13(29-14(2)22)19(27)25-21(3,4)20(28)24-17-10-15-6-8-26(5)9-7-18(15)16(11-17)12-23/h10-11H,1-2,6-9H2,3-5H3,(H,24,28)(H,25,27). The summed E-state index contributed by atoms with van der Waals surface area (Å²) in [6, 6.07) is 5.84. The van der Waals surface area contributed by atoms with Gasteiger partial charge in [0.05, 0.1) is 20.9 Å². The van der Waals surface area contributed by atoms with Gasteiger partial charge in [-0.2, -0.15) is 5.26 Å². The number of carbonyl (C=O) groups excluding carboxylic acids is 2. The third-order valence-corrected chi connectivity index (χ3v) is 5.59. The summed E-state index contributed by atoms with van der Waals surface area (Å²) in [7, 11) is 2.05. The summed E-state index contributed by atoms with van der Waals surface area (Å²) in [5, 5.41) is 15.0. The number of anilines is 1. The van der Waals surface area contributed by atoms with Gasteiger partial charge < -0.3 is 15.5 Å². The first kappa shape index (κ1) is 23.0. The SMILES string of the molecule is C=C(Cl)SC(=C)C(=O)NC(C)(C)C(=O)Nc1cc(C#N)c2c(c1)CCN(C)CC2. The number of carbonyl (C=O) groups is 2. The van der Waals surface area contributed by atoms with Crippen LogP contribution in [-0.2, 0) is 22.4 Å². The predicted octanol–water partition coefficient (Wildman–Crippen LogP) is 3.38. The second-order valence-electron chi connectivity index (χ2n) is 7.49. The number of hydrogen-bond acceptors (Lipinski definition) is 5. The zero-order chi connectivity index (χ0) is 21.8. The first-order valence-electron chi connectivity index (χ1n) is 9.13. The van der Waals surface area contributed by atoms with E-state index in [1.165, 1.54) is 0 Å². The zero-order valence-electron chi connectivity index (χ0n) is 16.9. The summed E-state index contributed by atoms with van der Waals surface area (Å²) in [5.74, 6) is -0.900. The Hall–Kier alpha value is -2.27. The molecule has 154 valence electrons. The third-order valence-electron chi connectivity index (χ3n) is 4.71. The van der Waals surface area contributed by atoms with E-state index < -0.39 is 17.4 Å². The second kappa shape index (κ2) is 9.49. The Balaban J connectivity index is 2.17. The van der Waals surface area contributed by atoms with Crippen molar-refractivity contribution in [1.29, 1.82) is 5.26 Å². The number of hydrogen-bond donors (Lipinski definition) is 2. The molecule has 1 aromatic carbocycles. The quantitative estimate of drug-likeness (QED) is 0.673. The van der Waals surface area contributed by atoms with Crippen molar-refractivity contribution in [1.82, 2.24) is 10.2 Å². The van der Waals surface area contributed by atoms with Gasteiger partial charge in [0.15, 0.2) is 0 Å². The lowest BCUT2D eigenvalue weighted by atomic mass is 9.96. The molecule has 8 heteroatoms. The second-order valence-corrected chi connectivity index (χ2v) is 9.36. The summed E-state index contributed by atoms with van der Waals surface area (Å²) < 4.78 is 0.215. The van der Waals surface area contributed by atoms with Crippen molar-refractivity contribution in [2.24, 2.45) is 0 Å². The van der Waals surface area contributed by atoms with E-state index in [0.29, 0.717) is 11.3 Å². The Labute approximate surface area is 181 Å². The molecule has 0 radical (unpaired) electrons. The maximum Gasteiger partial charge on any atom is 0.258 e. The number of benzene rings is 1. The molecular formula is C21H25ClN4O2S. The molecule has 0 aliphatic carbocycles. The van der Waals surface area contributed by atoms with Crippen molar-refractivity contribution in [2.75, 3.05) is 25.5 Å². The molecule has 1 aliphatic rings. The fraction of sp³-hybridized carbons (Fsp3) is 0.381. The van der Waals surface area contributed by atoms with Gasteiger partial charge in [0.25, 0.3) is 5.91 Å². The van der Waals surface area contributed by atoms with E-state index >= 15 is 0 Å². The van der Waals surface area contributed by atoms with Crippen LogP contribution >= 0.6 is 23.4 Å². The van der Waals surface area contributed by atoms with Gasteiger partial charge in [-0.15, -0.1) is 0 Å². The Morgan fingerprint density at radius 2 is 1.93 bits per heavy atom. The molecule has 2 rings (SSSR count). The molecule has 1 aliphatic heterocycles. The number of thioether (sulfide) groups is 1. The number of likely N-dealkylation sites (N-methyl/N-ethyl adjacent to an activating group) is 1. The molecule has 0 aromatic heterocycles. The van der Waals surface area contributed by atoms with Crippen LogP contribution in [0.1, 0.15) is 30.5 Å². The molecule has 0 saturated heterocycles. The minimum absolute atomic E-state index is 0.145. The van der Waals surface area contributed by atoms with E-state index in [2.05, 4.69) is 41.8 Å². The van der Waals surface area contributed by atoms with Crippen LogP contribution in [0.4, 0.5) is 5.69 Å². The van der Waals surface area contributed by atoms with Crippen LogP contribution in [0.3, 0.4) is 0 Å². The maximum absolute atomic E-state index is 12.8. The zero-order valence-corrected chi connectivity index (χ0v) is 18.5. The smallest absolute Gasteiger partial charge is 0.258 e. The molecule has 2 amide bonds. The van der Waals surface area contributed by atoms with Gasteiger partial charge in [0.2, 0.25) is 5.91 Å². The van der Waals surface area contributed by atoms with Crippen molar-refractivity contribution in [3.8, 4) is 6.07 Å². The average molecular weight is 433 g/mol. The first-order chi connectivity index (χ1) is 13.5. The molecule has 1 heterocycles. The highest BCUT2D eigenvalue weighted by Gasteiger charge is 2.31. The van der Waals surface area contributed by atoms with Crippen LogP contribution in [0, 0.1) is 11.3 Å². The maximum atomic E-state index is 12.8. The van der Waals surface area contributed by atoms with Crippen LogP contribution in [0.15, 0.2) is 34.6 Å². The predicted molar refractivity (Wildman–Crippen MR) is 119 cm³/mol. The highest BCUT2D eigenvalue weighted by atomic mass is 35.5. The molecular weight excluding hydrogens is 408 g/mol. The fourth-order valence-electron chi connectivity index (χ4n) is 3.03. The van der Waals surface area contributed by atoms with Gasteiger partial charge in [0.1, 0.15) is 5.54 Å². The van der Waals surface area contributed by atoms with E-state index in [1.54, 1.807) is 19.9 Å². The lowest BCUT2D eigenvalue weighted by Gasteiger charge is -2.26. The van der Waals surface area contributed by atoms with Crippen molar-refractivity contribution in [2.45, 2.75) is 32.2 Å². The molecule has 0 spiro atoms. The lowest BCUT2D eigenvalue weighted by molar-refractivity contribution is -0.127. The highest BCUT2D eigenvalue weighted by molar-refractivity contribution is 8.08. The number of rotatable bonds is 6. The Bertz CT molecular complexity index is 905. The van der Waals surface area contributed by atoms with E-state index in [9.17, 15) is 14.9 Å². The van der Waals surface area contributed by atoms with Crippen LogP contribution in [0.5, 0.6) is 0 Å². The van der Waals surface area contributed by atoms with E-state index in [-0.39, 0.29) is 9.27 Å². The topological polar surface area (TPSA) is 85.2 Å². The number of amides is 2. The minimum Gasteiger partial charge on any atom is -0.338 e. The minimum atomic E-state index is -1.20. The van der Waals surface area contributed by atoms with Crippen molar-refractivity contribution in [3.63, 3.8) is 0 Å². The van der Waals surface area contributed by atoms with E-state index in [0.717, 1.165) is 48.8 Å². The van der Waals surface area contributed by atoms with Crippen LogP contribution in [-0.4, -0.2) is 42.4 Å². The Morgan fingerprint density at radius 1 is 1.28 bits per heavy atom. The molecule has 0 atom stereocenters. The van der Waals surface area contributed by atoms with Gasteiger partial charge in [-0.3, -0.25) is 9.59 Å². The monoisotopic (exact) mass is 432 g/mol. The van der Waals surface area contributed by atoms with Crippen LogP contribution in [0.2, 0.25) is 0 Å². The van der Waals surface area contributed by atoms with E-state index in [4.69, 9.17) is 11.6 Å². The molecule has 0 saturated carbocycles. The Kier molecular flexibility index (Phi) is 7.53. The summed E-state index contributed by atoms with van der Waals surface area (Å²) in [4.78, 5) is 27.4. The van der Waals surface area contributed by atoms with Crippen molar-refractivity contribution < 1.29 is 9.59 Å². The summed E-state index contributed by atoms with van der Waals surface area (Å²) >= 11 is 6.62. The van der Waals surface area contributed by atoms with Crippen LogP contribution in [0.25, 0.3) is 0 Å². The highest BCUT2D eigenvalue weighted by Crippen LogP contribution is 2.27. The van der Waals surface area contributed by atoms with Gasteiger partial charge in [-0.25, -0.2) is 0 Å². The number of nitrogens with one attached hydrogen (secondary N) is 2. The number of halogens is 1. The van der Waals surface area contributed by atoms with Crippen molar-refractivity contribution >= 4 is 40.9 Å². The molecule has 6 nitrogen and oxygen atoms in total. The lowest BCUT2D eigenvalue weighted by Crippen LogP contribution is -2.52. The molecule has 0 bridgehead atoms. The van der Waals surface area contributed by atoms with Gasteiger partial charge >= 0.3 is 0 Å². The van der Waals surface area contributed by atoms with Gasteiger partial charge in [-0.1, -0.05) is 36.5 Å². The molecule has 0 unspecified atom stereocenters.